The van der Waals surface area contributed by atoms with Crippen LogP contribution in [-0.2, 0) is 0 Å². The number of ketones is 1. The molecular weight excluding hydrogens is 351 g/mol. The van der Waals surface area contributed by atoms with Crippen molar-refractivity contribution in [2.45, 2.75) is 16.8 Å². The number of carbonyl (C=O) groups excluding carboxylic acids is 1. The average molecular weight is 358 g/mol. The lowest BCUT2D eigenvalue weighted by molar-refractivity contribution is -0.385. The minimum atomic E-state index is -4.51. The summed E-state index contributed by atoms with van der Waals surface area (Å²) in [5.41, 5.74) is -5.30. The summed E-state index contributed by atoms with van der Waals surface area (Å²) in [6, 6.07) is 2.79. The SMILES string of the molecule is O=C(CCBr)c1cc(SC(F)(F)F)ccc1[N+](=O)[O-]. The molecular formula is C10H7BrF3NO3S. The van der Waals surface area contributed by atoms with Gasteiger partial charge in [-0.15, -0.1) is 0 Å². The van der Waals surface area contributed by atoms with Crippen LogP contribution in [0.3, 0.4) is 0 Å². The Balaban J connectivity index is 3.18. The summed E-state index contributed by atoms with van der Waals surface area (Å²) in [6.45, 7) is 0. The van der Waals surface area contributed by atoms with E-state index in [9.17, 15) is 28.1 Å². The Morgan fingerprint density at radius 3 is 2.53 bits per heavy atom. The van der Waals surface area contributed by atoms with Crippen LogP contribution < -0.4 is 0 Å². The standard InChI is InChI=1S/C10H7BrF3NO3S/c11-4-3-9(16)7-5-6(19-10(12,13)14)1-2-8(7)15(17)18/h1-2,5H,3-4H2. The van der Waals surface area contributed by atoms with E-state index in [0.29, 0.717) is 0 Å². The number of rotatable bonds is 5. The fourth-order valence-electron chi connectivity index (χ4n) is 1.32. The zero-order valence-electron chi connectivity index (χ0n) is 9.24. The molecule has 0 spiro atoms. The Morgan fingerprint density at radius 1 is 1.42 bits per heavy atom. The van der Waals surface area contributed by atoms with Crippen LogP contribution in [0.4, 0.5) is 18.9 Å². The van der Waals surface area contributed by atoms with E-state index in [2.05, 4.69) is 15.9 Å². The molecule has 0 radical (unpaired) electrons. The minimum Gasteiger partial charge on any atom is -0.294 e. The molecule has 1 aromatic rings. The van der Waals surface area contributed by atoms with Gasteiger partial charge in [-0.05, 0) is 23.9 Å². The van der Waals surface area contributed by atoms with Crippen LogP contribution in [0.2, 0.25) is 0 Å². The lowest BCUT2D eigenvalue weighted by Gasteiger charge is -2.07. The highest BCUT2D eigenvalue weighted by molar-refractivity contribution is 9.09. The highest BCUT2D eigenvalue weighted by Crippen LogP contribution is 2.38. The zero-order chi connectivity index (χ0) is 14.6. The molecule has 0 amide bonds. The van der Waals surface area contributed by atoms with E-state index in [-0.39, 0.29) is 22.2 Å². The normalized spacial score (nSPS) is 11.4. The first-order valence-corrected chi connectivity index (χ1v) is 6.81. The van der Waals surface area contributed by atoms with Crippen LogP contribution in [0.5, 0.6) is 0 Å². The summed E-state index contributed by atoms with van der Waals surface area (Å²) >= 11 is 2.58. The third-order valence-corrected chi connectivity index (χ3v) is 3.14. The van der Waals surface area contributed by atoms with E-state index in [1.165, 1.54) is 0 Å². The van der Waals surface area contributed by atoms with Gasteiger partial charge in [0.2, 0.25) is 0 Å². The van der Waals surface area contributed by atoms with Gasteiger partial charge < -0.3 is 0 Å². The second-order valence-electron chi connectivity index (χ2n) is 3.35. The van der Waals surface area contributed by atoms with Gasteiger partial charge in [-0.25, -0.2) is 0 Å². The molecule has 104 valence electrons. The maximum Gasteiger partial charge on any atom is 0.446 e. The molecule has 0 aliphatic rings. The molecule has 0 N–H and O–H groups in total. The quantitative estimate of drug-likeness (QED) is 0.261. The first kappa shape index (κ1) is 16.0. The number of thioether (sulfide) groups is 1. The van der Waals surface area contributed by atoms with Crippen LogP contribution >= 0.6 is 27.7 Å². The summed E-state index contributed by atoms with van der Waals surface area (Å²) in [6.07, 6.45) is -0.0268. The van der Waals surface area contributed by atoms with Crippen molar-refractivity contribution < 1.29 is 22.9 Å². The van der Waals surface area contributed by atoms with E-state index < -0.39 is 33.7 Å². The van der Waals surface area contributed by atoms with Crippen molar-refractivity contribution in [2.24, 2.45) is 0 Å². The highest BCUT2D eigenvalue weighted by atomic mass is 79.9. The smallest absolute Gasteiger partial charge is 0.294 e. The van der Waals surface area contributed by atoms with Gasteiger partial charge in [0.05, 0.1) is 10.5 Å². The zero-order valence-corrected chi connectivity index (χ0v) is 11.6. The first-order valence-electron chi connectivity index (χ1n) is 4.88. The largest absolute Gasteiger partial charge is 0.446 e. The summed E-state index contributed by atoms with van der Waals surface area (Å²) in [5.74, 6) is -0.576. The van der Waals surface area contributed by atoms with E-state index in [1.807, 2.05) is 0 Å². The predicted molar refractivity (Wildman–Crippen MR) is 67.7 cm³/mol. The summed E-state index contributed by atoms with van der Waals surface area (Å²) in [5, 5.41) is 11.0. The van der Waals surface area contributed by atoms with Gasteiger partial charge in [0, 0.05) is 22.7 Å². The molecule has 1 rings (SSSR count). The summed E-state index contributed by atoms with van der Waals surface area (Å²) < 4.78 is 36.7. The summed E-state index contributed by atoms with van der Waals surface area (Å²) in [7, 11) is 0. The molecule has 0 saturated carbocycles. The molecule has 1 aromatic carbocycles. The minimum absolute atomic E-state index is 0.0268. The molecule has 0 heterocycles. The molecule has 19 heavy (non-hydrogen) atoms. The number of benzene rings is 1. The number of hydrogen-bond acceptors (Lipinski definition) is 4. The van der Waals surface area contributed by atoms with Crippen LogP contribution in [0.1, 0.15) is 16.8 Å². The molecule has 0 aliphatic carbocycles. The lowest BCUT2D eigenvalue weighted by atomic mass is 10.1. The first-order chi connectivity index (χ1) is 8.74. The summed E-state index contributed by atoms with van der Waals surface area (Å²) in [4.78, 5) is 21.4. The number of alkyl halides is 4. The Morgan fingerprint density at radius 2 is 2.05 bits per heavy atom. The second-order valence-corrected chi connectivity index (χ2v) is 5.28. The monoisotopic (exact) mass is 357 g/mol. The van der Waals surface area contributed by atoms with Crippen molar-refractivity contribution in [3.8, 4) is 0 Å². The molecule has 0 aliphatic heterocycles. The molecule has 0 bridgehead atoms. The Kier molecular flexibility index (Phi) is 5.36. The van der Waals surface area contributed by atoms with Crippen molar-refractivity contribution in [2.75, 3.05) is 5.33 Å². The number of hydrogen-bond donors (Lipinski definition) is 0. The van der Waals surface area contributed by atoms with Crippen LogP contribution in [0, 0.1) is 10.1 Å². The van der Waals surface area contributed by atoms with Gasteiger partial charge in [0.25, 0.3) is 5.69 Å². The molecule has 0 fully saturated rings. The predicted octanol–water partition coefficient (Wildman–Crippen LogP) is 4.17. The van der Waals surface area contributed by atoms with E-state index in [1.54, 1.807) is 0 Å². The number of nitrogens with zero attached hydrogens (tertiary/aromatic N) is 1. The van der Waals surface area contributed by atoms with Crippen molar-refractivity contribution in [1.29, 1.82) is 0 Å². The van der Waals surface area contributed by atoms with E-state index in [0.717, 1.165) is 18.2 Å². The number of Topliss-reactive ketones (excluding diaryl/α,β-unsaturated/α-hetero) is 1. The van der Waals surface area contributed by atoms with Crippen LogP contribution in [0.15, 0.2) is 23.1 Å². The fourth-order valence-corrected chi connectivity index (χ4v) is 2.26. The van der Waals surface area contributed by atoms with Gasteiger partial charge >= 0.3 is 5.51 Å². The van der Waals surface area contributed by atoms with Gasteiger partial charge in [-0.1, -0.05) is 15.9 Å². The van der Waals surface area contributed by atoms with Gasteiger partial charge in [-0.2, -0.15) is 13.2 Å². The average Bonchev–Trinajstić information content (AvgIpc) is 2.26. The molecule has 0 unspecified atom stereocenters. The Labute approximate surface area is 118 Å². The fraction of sp³-hybridized carbons (Fsp3) is 0.300. The Bertz CT molecular complexity index is 507. The van der Waals surface area contributed by atoms with Crippen molar-refractivity contribution in [3.63, 3.8) is 0 Å². The van der Waals surface area contributed by atoms with Gasteiger partial charge in [0.1, 0.15) is 0 Å². The topological polar surface area (TPSA) is 60.2 Å². The number of nitro groups is 1. The molecule has 0 saturated heterocycles. The van der Waals surface area contributed by atoms with Gasteiger partial charge in [-0.3, -0.25) is 14.9 Å². The number of nitro benzene ring substituents is 1. The lowest BCUT2D eigenvalue weighted by Crippen LogP contribution is -2.06. The third kappa shape index (κ3) is 4.83. The van der Waals surface area contributed by atoms with Crippen molar-refractivity contribution in [1.82, 2.24) is 0 Å². The van der Waals surface area contributed by atoms with Crippen molar-refractivity contribution in [3.05, 3.63) is 33.9 Å². The number of carbonyl (C=O) groups is 1. The molecule has 4 nitrogen and oxygen atoms in total. The maximum absolute atomic E-state index is 12.2. The maximum atomic E-state index is 12.2. The molecule has 9 heteroatoms. The number of halogens is 4. The van der Waals surface area contributed by atoms with Gasteiger partial charge in [0.15, 0.2) is 5.78 Å². The highest BCUT2D eigenvalue weighted by Gasteiger charge is 2.30. The second kappa shape index (κ2) is 6.38. The van der Waals surface area contributed by atoms with Crippen molar-refractivity contribution >= 4 is 39.2 Å². The molecule has 0 aromatic heterocycles. The Hall–Kier alpha value is -1.09. The molecule has 0 atom stereocenters. The third-order valence-electron chi connectivity index (χ3n) is 2.02. The van der Waals surface area contributed by atoms with E-state index >= 15 is 0 Å². The van der Waals surface area contributed by atoms with Crippen LogP contribution in [0.25, 0.3) is 0 Å². The van der Waals surface area contributed by atoms with Crippen LogP contribution in [-0.4, -0.2) is 21.5 Å². The van der Waals surface area contributed by atoms with E-state index in [4.69, 9.17) is 0 Å².